The van der Waals surface area contributed by atoms with Crippen LogP contribution in [-0.4, -0.2) is 36.6 Å². The molecule has 0 unspecified atom stereocenters. The van der Waals surface area contributed by atoms with E-state index in [1.165, 1.54) is 6.08 Å². The molecular formula is C15H23BrO4Si. The van der Waals surface area contributed by atoms with Gasteiger partial charge in [-0.25, -0.2) is 0 Å². The van der Waals surface area contributed by atoms with Gasteiger partial charge in [0, 0.05) is 12.8 Å². The average molecular weight is 375 g/mol. The van der Waals surface area contributed by atoms with E-state index >= 15 is 0 Å². The third-order valence-corrected chi connectivity index (χ3v) is 10.3. The highest BCUT2D eigenvalue weighted by atomic mass is 79.9. The fourth-order valence-electron chi connectivity index (χ4n) is 3.22. The predicted molar refractivity (Wildman–Crippen MR) is 87.0 cm³/mol. The molecule has 1 spiro atoms. The Bertz CT molecular complexity index is 452. The number of rotatable bonds is 5. The first kappa shape index (κ1) is 16.9. The number of carbonyl (C=O) groups is 2. The molecular weight excluding hydrogens is 352 g/mol. The predicted octanol–water partition coefficient (Wildman–Crippen LogP) is 3.36. The number of hydrogen-bond donors (Lipinski definition) is 0. The van der Waals surface area contributed by atoms with E-state index in [1.807, 2.05) is 6.08 Å². The number of esters is 1. The second-order valence-corrected chi connectivity index (χ2v) is 11.6. The Labute approximate surface area is 135 Å². The molecule has 3 atom stereocenters. The van der Waals surface area contributed by atoms with Gasteiger partial charge in [0.1, 0.15) is 6.10 Å². The van der Waals surface area contributed by atoms with Crippen molar-refractivity contribution in [3.63, 3.8) is 0 Å². The molecule has 0 radical (unpaired) electrons. The van der Waals surface area contributed by atoms with Crippen LogP contribution in [0.25, 0.3) is 0 Å². The number of ketones is 1. The maximum Gasteiger partial charge on any atom is 0.307 e. The fourth-order valence-corrected chi connectivity index (χ4v) is 6.98. The van der Waals surface area contributed by atoms with Crippen molar-refractivity contribution in [2.75, 3.05) is 0 Å². The summed E-state index contributed by atoms with van der Waals surface area (Å²) >= 11 is 3.59. The topological polar surface area (TPSA) is 52.6 Å². The van der Waals surface area contributed by atoms with Crippen molar-refractivity contribution < 1.29 is 18.8 Å². The van der Waals surface area contributed by atoms with E-state index < -0.39 is 20.0 Å². The maximum atomic E-state index is 12.4. The van der Waals surface area contributed by atoms with Gasteiger partial charge in [0.15, 0.2) is 8.32 Å². The van der Waals surface area contributed by atoms with Crippen molar-refractivity contribution in [3.05, 3.63) is 12.2 Å². The summed E-state index contributed by atoms with van der Waals surface area (Å²) in [5.41, 5.74) is -1.11. The first-order valence-electron chi connectivity index (χ1n) is 7.69. The lowest BCUT2D eigenvalue weighted by Gasteiger charge is -2.43. The van der Waals surface area contributed by atoms with Gasteiger partial charge < -0.3 is 9.16 Å². The molecule has 2 aliphatic rings. The highest BCUT2D eigenvalue weighted by Crippen LogP contribution is 2.42. The molecule has 21 heavy (non-hydrogen) atoms. The lowest BCUT2D eigenvalue weighted by Crippen LogP contribution is -2.59. The first-order chi connectivity index (χ1) is 9.93. The van der Waals surface area contributed by atoms with Crippen LogP contribution < -0.4 is 0 Å². The second-order valence-electron chi connectivity index (χ2n) is 5.81. The van der Waals surface area contributed by atoms with Gasteiger partial charge in [0.05, 0.1) is 4.83 Å². The van der Waals surface area contributed by atoms with Gasteiger partial charge in [-0.1, -0.05) is 42.8 Å². The summed E-state index contributed by atoms with van der Waals surface area (Å²) in [5, 5.41) is 0. The van der Waals surface area contributed by atoms with E-state index in [1.54, 1.807) is 0 Å². The Morgan fingerprint density at radius 2 is 1.95 bits per heavy atom. The molecule has 1 heterocycles. The zero-order valence-corrected chi connectivity index (χ0v) is 15.4. The molecule has 0 bridgehead atoms. The number of hydrogen-bond acceptors (Lipinski definition) is 4. The van der Waals surface area contributed by atoms with Crippen molar-refractivity contribution in [3.8, 4) is 0 Å². The minimum Gasteiger partial charge on any atom is -0.448 e. The number of halogens is 1. The minimum atomic E-state index is -1.90. The number of alkyl halides is 1. The molecule has 1 aliphatic heterocycles. The SMILES string of the molecule is CC[Si](CC)(CC)O[C@@H]1[C@H](Br)C=CC(=O)[C@]12CCC(=O)O2. The summed E-state index contributed by atoms with van der Waals surface area (Å²) in [6.45, 7) is 6.45. The fraction of sp³-hybridized carbons (Fsp3) is 0.733. The van der Waals surface area contributed by atoms with Crippen LogP contribution in [0.1, 0.15) is 33.6 Å². The highest BCUT2D eigenvalue weighted by Gasteiger charge is 2.57. The molecule has 0 aromatic rings. The monoisotopic (exact) mass is 374 g/mol. The third kappa shape index (κ3) is 2.90. The van der Waals surface area contributed by atoms with E-state index in [-0.39, 0.29) is 23.0 Å². The molecule has 0 aromatic carbocycles. The molecule has 1 fully saturated rings. The first-order valence-corrected chi connectivity index (χ1v) is 11.1. The Balaban J connectivity index is 2.36. The van der Waals surface area contributed by atoms with Crippen molar-refractivity contribution >= 4 is 36.0 Å². The zero-order valence-electron chi connectivity index (χ0n) is 12.9. The van der Waals surface area contributed by atoms with Gasteiger partial charge in [-0.05, 0) is 24.2 Å². The van der Waals surface area contributed by atoms with Crippen LogP contribution in [-0.2, 0) is 18.8 Å². The molecule has 0 aromatic heterocycles. The molecule has 0 amide bonds. The normalized spacial score (nSPS) is 32.8. The Morgan fingerprint density at radius 3 is 2.43 bits per heavy atom. The van der Waals surface area contributed by atoms with Crippen LogP contribution in [0, 0.1) is 0 Å². The van der Waals surface area contributed by atoms with E-state index in [9.17, 15) is 9.59 Å². The molecule has 118 valence electrons. The molecule has 0 N–H and O–H groups in total. The zero-order chi connectivity index (χ0) is 15.7. The summed E-state index contributed by atoms with van der Waals surface area (Å²) < 4.78 is 12.0. The van der Waals surface area contributed by atoms with E-state index in [4.69, 9.17) is 9.16 Å². The van der Waals surface area contributed by atoms with Crippen molar-refractivity contribution in [2.45, 2.75) is 68.3 Å². The van der Waals surface area contributed by atoms with Gasteiger partial charge in [-0.3, -0.25) is 9.59 Å². The van der Waals surface area contributed by atoms with Gasteiger partial charge >= 0.3 is 5.97 Å². The van der Waals surface area contributed by atoms with Crippen LogP contribution in [0.5, 0.6) is 0 Å². The summed E-state index contributed by atoms with van der Waals surface area (Å²) in [6.07, 6.45) is 3.63. The second kappa shape index (κ2) is 6.34. The van der Waals surface area contributed by atoms with Crippen LogP contribution in [0.15, 0.2) is 12.2 Å². The van der Waals surface area contributed by atoms with Gasteiger partial charge in [-0.2, -0.15) is 0 Å². The largest absolute Gasteiger partial charge is 0.448 e. The van der Waals surface area contributed by atoms with E-state index in [0.29, 0.717) is 6.42 Å². The Morgan fingerprint density at radius 1 is 1.33 bits per heavy atom. The van der Waals surface area contributed by atoms with Gasteiger partial charge in [0.25, 0.3) is 0 Å². The molecule has 1 aliphatic carbocycles. The van der Waals surface area contributed by atoms with E-state index in [2.05, 4.69) is 36.7 Å². The maximum absolute atomic E-state index is 12.4. The Hall–Kier alpha value is -0.463. The Kier molecular flexibility index (Phi) is 5.10. The van der Waals surface area contributed by atoms with E-state index in [0.717, 1.165) is 18.1 Å². The molecule has 4 nitrogen and oxygen atoms in total. The lowest BCUT2D eigenvalue weighted by molar-refractivity contribution is -0.165. The number of ether oxygens (including phenoxy) is 1. The van der Waals surface area contributed by atoms with Crippen molar-refractivity contribution in [2.24, 2.45) is 0 Å². The lowest BCUT2D eigenvalue weighted by atomic mass is 9.83. The number of carbonyl (C=O) groups excluding carboxylic acids is 2. The molecule has 1 saturated heterocycles. The summed E-state index contributed by atoms with van der Waals surface area (Å²) in [4.78, 5) is 24.0. The minimum absolute atomic E-state index is 0.0994. The van der Waals surface area contributed by atoms with Crippen LogP contribution in [0.4, 0.5) is 0 Å². The summed E-state index contributed by atoms with van der Waals surface area (Å²) in [5.74, 6) is -0.441. The van der Waals surface area contributed by atoms with Crippen LogP contribution >= 0.6 is 15.9 Å². The smallest absolute Gasteiger partial charge is 0.307 e. The van der Waals surface area contributed by atoms with Gasteiger partial charge in [0.2, 0.25) is 11.4 Å². The average Bonchev–Trinajstić information content (AvgIpc) is 2.88. The molecule has 2 rings (SSSR count). The third-order valence-electron chi connectivity index (χ3n) is 4.90. The molecule has 6 heteroatoms. The van der Waals surface area contributed by atoms with Gasteiger partial charge in [-0.15, -0.1) is 0 Å². The quantitative estimate of drug-likeness (QED) is 0.420. The standard InChI is InChI=1S/C15H23BrO4Si/c1-4-21(5-2,6-3)20-14-11(16)7-8-12(17)15(14)10-9-13(18)19-15/h7-8,11,14H,4-6,9-10H2,1-3H3/t11-,14-,15-/m1/s1. The molecule has 0 saturated carbocycles. The summed E-state index contributed by atoms with van der Waals surface area (Å²) in [6, 6.07) is 2.99. The van der Waals surface area contributed by atoms with Crippen LogP contribution in [0.2, 0.25) is 18.1 Å². The van der Waals surface area contributed by atoms with Crippen molar-refractivity contribution in [1.82, 2.24) is 0 Å². The highest BCUT2D eigenvalue weighted by molar-refractivity contribution is 9.09. The van der Waals surface area contributed by atoms with Crippen LogP contribution in [0.3, 0.4) is 0 Å². The van der Waals surface area contributed by atoms with Crippen molar-refractivity contribution in [1.29, 1.82) is 0 Å². The summed E-state index contributed by atoms with van der Waals surface area (Å²) in [7, 11) is -1.90.